The Morgan fingerprint density at radius 1 is 1.40 bits per heavy atom. The molecule has 0 fully saturated rings. The quantitative estimate of drug-likeness (QED) is 0.882. The molecule has 0 unspecified atom stereocenters. The van der Waals surface area contributed by atoms with E-state index in [0.717, 1.165) is 10.0 Å². The molecule has 0 aliphatic carbocycles. The fourth-order valence-electron chi connectivity index (χ4n) is 2.16. The van der Waals surface area contributed by atoms with Gasteiger partial charge in [0.15, 0.2) is 0 Å². The predicted molar refractivity (Wildman–Crippen MR) is 73.9 cm³/mol. The standard InChI is InChI=1S/C13H14BrFN2O3/c14-10-1-2-11(15)9-7-17(6-4-8(9)10)13(20)16-5-3-12(18)19/h1-2H,3-7H2,(H,16,20)(H,18,19). The van der Waals surface area contributed by atoms with E-state index < -0.39 is 5.97 Å². The minimum atomic E-state index is -0.968. The Morgan fingerprint density at radius 3 is 2.85 bits per heavy atom. The van der Waals surface area contributed by atoms with Crippen LogP contribution >= 0.6 is 15.9 Å². The van der Waals surface area contributed by atoms with Crippen LogP contribution in [0.1, 0.15) is 17.5 Å². The van der Waals surface area contributed by atoms with Crippen LogP contribution in [0.25, 0.3) is 0 Å². The van der Waals surface area contributed by atoms with Crippen molar-refractivity contribution in [2.45, 2.75) is 19.4 Å². The van der Waals surface area contributed by atoms with Gasteiger partial charge < -0.3 is 15.3 Å². The van der Waals surface area contributed by atoms with Gasteiger partial charge in [0.05, 0.1) is 13.0 Å². The van der Waals surface area contributed by atoms with Crippen molar-refractivity contribution in [1.29, 1.82) is 0 Å². The molecule has 0 saturated carbocycles. The van der Waals surface area contributed by atoms with Gasteiger partial charge in [-0.25, -0.2) is 9.18 Å². The molecule has 1 aromatic rings. The van der Waals surface area contributed by atoms with E-state index in [0.29, 0.717) is 18.5 Å². The zero-order valence-electron chi connectivity index (χ0n) is 10.7. The third kappa shape index (κ3) is 3.27. The summed E-state index contributed by atoms with van der Waals surface area (Å²) in [6.07, 6.45) is 0.441. The zero-order valence-corrected chi connectivity index (χ0v) is 12.2. The lowest BCUT2D eigenvalue weighted by Crippen LogP contribution is -2.43. The number of halogens is 2. The second-order valence-corrected chi connectivity index (χ2v) is 5.39. The maximum atomic E-state index is 13.8. The molecule has 1 aliphatic rings. The number of carboxylic acid groups (broad SMARTS) is 1. The van der Waals surface area contributed by atoms with Crippen molar-refractivity contribution in [3.8, 4) is 0 Å². The largest absolute Gasteiger partial charge is 0.481 e. The predicted octanol–water partition coefficient (Wildman–Crippen LogP) is 2.13. The van der Waals surface area contributed by atoms with Crippen LogP contribution in [-0.2, 0) is 17.8 Å². The van der Waals surface area contributed by atoms with E-state index in [2.05, 4.69) is 21.2 Å². The number of nitrogens with zero attached hydrogens (tertiary/aromatic N) is 1. The van der Waals surface area contributed by atoms with Gasteiger partial charge in [0.1, 0.15) is 5.82 Å². The van der Waals surface area contributed by atoms with Gasteiger partial charge in [0.25, 0.3) is 0 Å². The van der Waals surface area contributed by atoms with Gasteiger partial charge >= 0.3 is 12.0 Å². The van der Waals surface area contributed by atoms with Crippen molar-refractivity contribution in [3.63, 3.8) is 0 Å². The molecule has 0 saturated heterocycles. The van der Waals surface area contributed by atoms with Gasteiger partial charge in [-0.1, -0.05) is 15.9 Å². The zero-order chi connectivity index (χ0) is 14.7. The number of carbonyl (C=O) groups is 2. The highest BCUT2D eigenvalue weighted by atomic mass is 79.9. The average molecular weight is 345 g/mol. The molecule has 1 aliphatic heterocycles. The van der Waals surface area contributed by atoms with Crippen molar-refractivity contribution < 1.29 is 19.1 Å². The molecule has 0 atom stereocenters. The minimum absolute atomic E-state index is 0.0679. The Morgan fingerprint density at radius 2 is 2.15 bits per heavy atom. The lowest BCUT2D eigenvalue weighted by Gasteiger charge is -2.29. The fourth-order valence-corrected chi connectivity index (χ4v) is 2.72. The van der Waals surface area contributed by atoms with E-state index in [9.17, 15) is 14.0 Å². The lowest BCUT2D eigenvalue weighted by molar-refractivity contribution is -0.136. The maximum Gasteiger partial charge on any atom is 0.317 e. The molecule has 2 amide bonds. The van der Waals surface area contributed by atoms with Crippen LogP contribution in [0.15, 0.2) is 16.6 Å². The van der Waals surface area contributed by atoms with E-state index >= 15 is 0 Å². The number of rotatable bonds is 3. The smallest absolute Gasteiger partial charge is 0.317 e. The summed E-state index contributed by atoms with van der Waals surface area (Å²) in [6.45, 7) is 0.742. The van der Waals surface area contributed by atoms with Crippen LogP contribution < -0.4 is 5.32 Å². The Labute approximate surface area is 123 Å². The van der Waals surface area contributed by atoms with Crippen LogP contribution in [0.5, 0.6) is 0 Å². The number of carbonyl (C=O) groups excluding carboxylic acids is 1. The van der Waals surface area contributed by atoms with Gasteiger partial charge in [-0.05, 0) is 24.1 Å². The average Bonchev–Trinajstić information content (AvgIpc) is 2.42. The van der Waals surface area contributed by atoms with Gasteiger partial charge in [0, 0.05) is 23.1 Å². The van der Waals surface area contributed by atoms with Crippen LogP contribution in [0, 0.1) is 5.82 Å². The van der Waals surface area contributed by atoms with Crippen LogP contribution in [0.4, 0.5) is 9.18 Å². The summed E-state index contributed by atoms with van der Waals surface area (Å²) in [7, 11) is 0. The highest BCUT2D eigenvalue weighted by Crippen LogP contribution is 2.28. The number of fused-ring (bicyclic) bond motifs is 1. The first-order valence-corrected chi connectivity index (χ1v) is 6.98. The topological polar surface area (TPSA) is 69.6 Å². The normalized spacial score (nSPS) is 13.8. The first-order chi connectivity index (χ1) is 9.49. The van der Waals surface area contributed by atoms with Crippen molar-refractivity contribution in [2.24, 2.45) is 0 Å². The number of amides is 2. The van der Waals surface area contributed by atoms with E-state index in [4.69, 9.17) is 5.11 Å². The SMILES string of the molecule is O=C(O)CCNC(=O)N1CCc2c(Br)ccc(F)c2C1. The van der Waals surface area contributed by atoms with E-state index in [1.54, 1.807) is 6.07 Å². The number of hydrogen-bond acceptors (Lipinski definition) is 2. The number of carboxylic acids is 1. The summed E-state index contributed by atoms with van der Waals surface area (Å²) < 4.78 is 14.6. The van der Waals surface area contributed by atoms with E-state index in [1.807, 2.05) is 0 Å². The van der Waals surface area contributed by atoms with Gasteiger partial charge in [-0.15, -0.1) is 0 Å². The Balaban J connectivity index is 2.02. The molecule has 0 radical (unpaired) electrons. The summed E-state index contributed by atoms with van der Waals surface area (Å²) in [6, 6.07) is 2.67. The summed E-state index contributed by atoms with van der Waals surface area (Å²) in [5.74, 6) is -1.30. The molecule has 0 spiro atoms. The van der Waals surface area contributed by atoms with Gasteiger partial charge in [0.2, 0.25) is 0 Å². The Kier molecular flexibility index (Phi) is 4.59. The number of hydrogen-bond donors (Lipinski definition) is 2. The molecule has 5 nitrogen and oxygen atoms in total. The van der Waals surface area contributed by atoms with Gasteiger partial charge in [-0.2, -0.15) is 0 Å². The summed E-state index contributed by atoms with van der Waals surface area (Å²) >= 11 is 3.38. The van der Waals surface area contributed by atoms with Crippen LogP contribution in [-0.4, -0.2) is 35.1 Å². The number of aliphatic carboxylic acids is 1. The van der Waals surface area contributed by atoms with Crippen LogP contribution in [0.2, 0.25) is 0 Å². The molecule has 0 aromatic heterocycles. The molecule has 0 bridgehead atoms. The second-order valence-electron chi connectivity index (χ2n) is 4.53. The first-order valence-electron chi connectivity index (χ1n) is 6.19. The van der Waals surface area contributed by atoms with Crippen molar-refractivity contribution in [3.05, 3.63) is 33.5 Å². The molecule has 108 valence electrons. The second kappa shape index (κ2) is 6.21. The molecular formula is C13H14BrFN2O3. The molecule has 20 heavy (non-hydrogen) atoms. The summed E-state index contributed by atoms with van der Waals surface area (Å²) in [5, 5.41) is 11.0. The molecular weight excluding hydrogens is 331 g/mol. The van der Waals surface area contributed by atoms with Crippen molar-refractivity contribution in [2.75, 3.05) is 13.1 Å². The molecule has 1 aromatic carbocycles. The third-order valence-electron chi connectivity index (χ3n) is 3.20. The fraction of sp³-hybridized carbons (Fsp3) is 0.385. The van der Waals surface area contributed by atoms with Crippen molar-refractivity contribution >= 4 is 27.9 Å². The minimum Gasteiger partial charge on any atom is -0.481 e. The van der Waals surface area contributed by atoms with E-state index in [-0.39, 0.29) is 31.4 Å². The molecule has 1 heterocycles. The molecule has 2 N–H and O–H groups in total. The van der Waals surface area contributed by atoms with Crippen molar-refractivity contribution in [1.82, 2.24) is 10.2 Å². The highest BCUT2D eigenvalue weighted by molar-refractivity contribution is 9.10. The summed E-state index contributed by atoms with van der Waals surface area (Å²) in [4.78, 5) is 23.7. The maximum absolute atomic E-state index is 13.8. The highest BCUT2D eigenvalue weighted by Gasteiger charge is 2.24. The number of nitrogens with one attached hydrogen (secondary N) is 1. The monoisotopic (exact) mass is 344 g/mol. The first kappa shape index (κ1) is 14.8. The van der Waals surface area contributed by atoms with Gasteiger partial charge in [-0.3, -0.25) is 4.79 Å². The Hall–Kier alpha value is -1.63. The van der Waals surface area contributed by atoms with E-state index in [1.165, 1.54) is 11.0 Å². The summed E-state index contributed by atoms with van der Waals surface area (Å²) in [5.41, 5.74) is 1.40. The molecule has 2 rings (SSSR count). The number of benzene rings is 1. The number of urea groups is 1. The van der Waals surface area contributed by atoms with Crippen LogP contribution in [0.3, 0.4) is 0 Å². The molecule has 7 heteroatoms. The third-order valence-corrected chi connectivity index (χ3v) is 3.94. The lowest BCUT2D eigenvalue weighted by atomic mass is 9.99. The Bertz CT molecular complexity index is 551.